The summed E-state index contributed by atoms with van der Waals surface area (Å²) in [6, 6.07) is 6.84. The first-order valence-electron chi connectivity index (χ1n) is 5.80. The summed E-state index contributed by atoms with van der Waals surface area (Å²) >= 11 is 5.46. The summed E-state index contributed by atoms with van der Waals surface area (Å²) in [5.74, 6) is 4.64. The van der Waals surface area contributed by atoms with Gasteiger partial charge in [-0.25, -0.2) is 4.79 Å². The second kappa shape index (κ2) is 8.17. The third kappa shape index (κ3) is 5.94. The molecule has 1 aromatic carbocycles. The van der Waals surface area contributed by atoms with Crippen molar-refractivity contribution in [1.82, 2.24) is 0 Å². The number of rotatable bonds is 4. The van der Waals surface area contributed by atoms with Crippen molar-refractivity contribution in [2.24, 2.45) is 0 Å². The van der Waals surface area contributed by atoms with Gasteiger partial charge in [0.05, 0.1) is 6.61 Å². The predicted octanol–water partition coefficient (Wildman–Crippen LogP) is 2.17. The predicted molar refractivity (Wildman–Crippen MR) is 73.9 cm³/mol. The van der Waals surface area contributed by atoms with Gasteiger partial charge in [-0.05, 0) is 31.2 Å². The van der Waals surface area contributed by atoms with Crippen LogP contribution in [0.2, 0.25) is 0 Å². The Morgan fingerprint density at radius 3 is 2.58 bits per heavy atom. The van der Waals surface area contributed by atoms with E-state index in [2.05, 4.69) is 21.9 Å². The Bertz CT molecular complexity index is 500. The maximum atomic E-state index is 11.3. The van der Waals surface area contributed by atoms with E-state index in [9.17, 15) is 9.59 Å². The Labute approximate surface area is 117 Å². The molecule has 0 atom stereocenters. The minimum absolute atomic E-state index is 0.139. The van der Waals surface area contributed by atoms with Crippen molar-refractivity contribution in [3.63, 3.8) is 0 Å². The molecule has 0 fully saturated rings. The monoisotopic (exact) mass is 279 g/mol. The topological polar surface area (TPSA) is 55.4 Å². The number of ether oxygens (including phenoxy) is 1. The lowest BCUT2D eigenvalue weighted by atomic mass is 10.2. The maximum Gasteiger partial charge on any atom is 0.384 e. The summed E-state index contributed by atoms with van der Waals surface area (Å²) in [5, 5.41) is 2.69. The molecule has 1 N–H and O–H groups in total. The molecule has 0 heterocycles. The quantitative estimate of drug-likeness (QED) is 0.522. The number of nitrogens with one attached hydrogen (secondary N) is 1. The zero-order valence-electron chi connectivity index (χ0n) is 10.5. The van der Waals surface area contributed by atoms with Gasteiger partial charge in [0.1, 0.15) is 0 Å². The molecule has 0 bridgehead atoms. The highest BCUT2D eigenvalue weighted by molar-refractivity contribution is 6.19. The van der Waals surface area contributed by atoms with E-state index in [1.165, 1.54) is 0 Å². The van der Waals surface area contributed by atoms with Crippen LogP contribution < -0.4 is 5.32 Å². The van der Waals surface area contributed by atoms with Crippen LogP contribution in [0.4, 0.5) is 5.69 Å². The van der Waals surface area contributed by atoms with Crippen molar-refractivity contribution in [2.45, 2.75) is 13.3 Å². The van der Waals surface area contributed by atoms with Crippen LogP contribution in [-0.2, 0) is 14.3 Å². The fraction of sp³-hybridized carbons (Fsp3) is 0.286. The number of hydrogen-bond donors (Lipinski definition) is 1. The number of esters is 1. The Hall–Kier alpha value is -1.99. The Kier molecular flexibility index (Phi) is 6.48. The largest absolute Gasteiger partial charge is 0.456 e. The second-order valence-electron chi connectivity index (χ2n) is 3.53. The summed E-state index contributed by atoms with van der Waals surface area (Å²) in [5.41, 5.74) is 1.33. The van der Waals surface area contributed by atoms with Gasteiger partial charge in [-0.2, -0.15) is 0 Å². The summed E-state index contributed by atoms with van der Waals surface area (Å²) in [7, 11) is 0. The first-order valence-corrected chi connectivity index (χ1v) is 6.33. The molecule has 0 spiro atoms. The van der Waals surface area contributed by atoms with E-state index >= 15 is 0 Å². The lowest BCUT2D eigenvalue weighted by molar-refractivity contribution is -0.136. The third-order valence-corrected chi connectivity index (χ3v) is 2.26. The van der Waals surface area contributed by atoms with Crippen LogP contribution in [0.5, 0.6) is 0 Å². The molecule has 0 aliphatic heterocycles. The molecule has 1 amide bonds. The van der Waals surface area contributed by atoms with E-state index in [4.69, 9.17) is 11.6 Å². The van der Waals surface area contributed by atoms with Crippen LogP contribution in [0, 0.1) is 11.8 Å². The molecular formula is C14H14ClNO3. The molecule has 4 nitrogen and oxygen atoms in total. The molecule has 19 heavy (non-hydrogen) atoms. The van der Waals surface area contributed by atoms with Gasteiger partial charge in [0, 0.05) is 29.5 Å². The van der Waals surface area contributed by atoms with E-state index < -0.39 is 5.97 Å². The zero-order chi connectivity index (χ0) is 14.1. The van der Waals surface area contributed by atoms with Gasteiger partial charge in [-0.1, -0.05) is 5.92 Å². The van der Waals surface area contributed by atoms with Gasteiger partial charge in [-0.15, -0.1) is 11.6 Å². The van der Waals surface area contributed by atoms with Gasteiger partial charge in [0.15, 0.2) is 0 Å². The number of anilines is 1. The van der Waals surface area contributed by atoms with Crippen molar-refractivity contribution in [3.05, 3.63) is 29.8 Å². The highest BCUT2D eigenvalue weighted by Crippen LogP contribution is 2.09. The van der Waals surface area contributed by atoms with Gasteiger partial charge in [-0.3, -0.25) is 4.79 Å². The van der Waals surface area contributed by atoms with Crippen molar-refractivity contribution in [1.29, 1.82) is 0 Å². The van der Waals surface area contributed by atoms with Crippen LogP contribution in [0.3, 0.4) is 0 Å². The molecule has 100 valence electrons. The number of amides is 1. The van der Waals surface area contributed by atoms with Crippen LogP contribution in [-0.4, -0.2) is 24.4 Å². The molecule has 0 saturated carbocycles. The maximum absolute atomic E-state index is 11.3. The first-order chi connectivity index (χ1) is 9.15. The van der Waals surface area contributed by atoms with Crippen molar-refractivity contribution in [2.75, 3.05) is 17.8 Å². The van der Waals surface area contributed by atoms with E-state index in [1.54, 1.807) is 31.2 Å². The third-order valence-electron chi connectivity index (χ3n) is 2.07. The van der Waals surface area contributed by atoms with Crippen molar-refractivity contribution in [3.8, 4) is 11.8 Å². The lowest BCUT2D eigenvalue weighted by Crippen LogP contribution is -2.11. The molecular weight excluding hydrogens is 266 g/mol. The van der Waals surface area contributed by atoms with E-state index in [0.29, 0.717) is 17.9 Å². The van der Waals surface area contributed by atoms with Gasteiger partial charge in [0.2, 0.25) is 5.91 Å². The molecule has 5 heteroatoms. The van der Waals surface area contributed by atoms with Crippen LogP contribution in [0.1, 0.15) is 18.9 Å². The highest BCUT2D eigenvalue weighted by atomic mass is 35.5. The second-order valence-corrected chi connectivity index (χ2v) is 3.91. The first kappa shape index (κ1) is 15.1. The molecule has 0 unspecified atom stereocenters. The fourth-order valence-corrected chi connectivity index (χ4v) is 1.41. The number of benzene rings is 1. The van der Waals surface area contributed by atoms with E-state index in [0.717, 1.165) is 0 Å². The summed E-state index contributed by atoms with van der Waals surface area (Å²) in [4.78, 5) is 22.3. The molecule has 0 aliphatic rings. The number of hydrogen-bond acceptors (Lipinski definition) is 3. The molecule has 1 aromatic rings. The number of alkyl halides is 1. The normalized spacial score (nSPS) is 9.16. The highest BCUT2D eigenvalue weighted by Gasteiger charge is 2.00. The van der Waals surface area contributed by atoms with Crippen LogP contribution in [0.15, 0.2) is 24.3 Å². The van der Waals surface area contributed by atoms with Crippen LogP contribution >= 0.6 is 11.6 Å². The lowest BCUT2D eigenvalue weighted by Gasteiger charge is -2.03. The average molecular weight is 280 g/mol. The summed E-state index contributed by atoms with van der Waals surface area (Å²) in [6.07, 6.45) is 0.270. The number of carbonyl (C=O) groups is 2. The summed E-state index contributed by atoms with van der Waals surface area (Å²) < 4.78 is 4.68. The zero-order valence-corrected chi connectivity index (χ0v) is 11.3. The van der Waals surface area contributed by atoms with E-state index in [-0.39, 0.29) is 18.2 Å². The van der Waals surface area contributed by atoms with Crippen molar-refractivity contribution >= 4 is 29.2 Å². The Balaban J connectivity index is 2.61. The molecule has 1 rings (SSSR count). The Morgan fingerprint density at radius 2 is 2.00 bits per heavy atom. The van der Waals surface area contributed by atoms with Crippen molar-refractivity contribution < 1.29 is 14.3 Å². The van der Waals surface area contributed by atoms with Gasteiger partial charge < -0.3 is 10.1 Å². The number of carbonyl (C=O) groups excluding carboxylic acids is 2. The molecule has 0 saturated heterocycles. The SMILES string of the molecule is CCOC(=O)C#Cc1ccc(NC(=O)CCCl)cc1. The average Bonchev–Trinajstić information content (AvgIpc) is 2.38. The minimum Gasteiger partial charge on any atom is -0.456 e. The number of halogens is 1. The Morgan fingerprint density at radius 1 is 1.32 bits per heavy atom. The van der Waals surface area contributed by atoms with Gasteiger partial charge in [0.25, 0.3) is 0 Å². The molecule has 0 aliphatic carbocycles. The standard InChI is InChI=1S/C14H14ClNO3/c1-2-19-14(18)8-5-11-3-6-12(7-4-11)16-13(17)9-10-15/h3-4,6-7H,2,9-10H2,1H3,(H,16,17). The summed E-state index contributed by atoms with van der Waals surface area (Å²) in [6.45, 7) is 2.02. The van der Waals surface area contributed by atoms with Crippen LogP contribution in [0.25, 0.3) is 0 Å². The smallest absolute Gasteiger partial charge is 0.384 e. The van der Waals surface area contributed by atoms with E-state index in [1.807, 2.05) is 0 Å². The fourth-order valence-electron chi connectivity index (χ4n) is 1.24. The molecule has 0 radical (unpaired) electrons. The minimum atomic E-state index is -0.554. The van der Waals surface area contributed by atoms with Gasteiger partial charge >= 0.3 is 5.97 Å². The molecule has 0 aromatic heterocycles.